The van der Waals surface area contributed by atoms with Crippen LogP contribution >= 0.6 is 11.6 Å². The van der Waals surface area contributed by atoms with E-state index in [9.17, 15) is 4.79 Å². The van der Waals surface area contributed by atoms with Crippen LogP contribution in [-0.2, 0) is 11.2 Å². The Labute approximate surface area is 109 Å². The number of benzene rings is 1. The van der Waals surface area contributed by atoms with Gasteiger partial charge >= 0.3 is 5.97 Å². The van der Waals surface area contributed by atoms with Gasteiger partial charge in [0.05, 0.1) is 11.4 Å². The van der Waals surface area contributed by atoms with Gasteiger partial charge in [0.1, 0.15) is 0 Å². The van der Waals surface area contributed by atoms with Crippen LogP contribution in [0.2, 0.25) is 5.02 Å². The van der Waals surface area contributed by atoms with Crippen LogP contribution in [0.25, 0.3) is 0 Å². The van der Waals surface area contributed by atoms with Crippen LogP contribution in [0.4, 0.5) is 0 Å². The molecule has 0 amide bonds. The lowest BCUT2D eigenvalue weighted by Crippen LogP contribution is -2.17. The maximum atomic E-state index is 10.7. The summed E-state index contributed by atoms with van der Waals surface area (Å²) in [6.07, 6.45) is 0.501. The lowest BCUT2D eigenvalue weighted by Gasteiger charge is -2.16. The second kappa shape index (κ2) is 5.04. The molecule has 1 aliphatic rings. The number of hydrogen-bond donors (Lipinski definition) is 2. The van der Waals surface area contributed by atoms with Gasteiger partial charge in [-0.05, 0) is 23.6 Å². The van der Waals surface area contributed by atoms with Crippen LogP contribution in [0.3, 0.4) is 0 Å². The second-order valence-corrected chi connectivity index (χ2v) is 4.43. The highest BCUT2D eigenvalue weighted by molar-refractivity contribution is 6.33. The topological polar surface area (TPSA) is 81.8 Å². The van der Waals surface area contributed by atoms with E-state index in [1.165, 1.54) is 0 Å². The van der Waals surface area contributed by atoms with Gasteiger partial charge in [-0.2, -0.15) is 0 Å². The minimum Gasteiger partial charge on any atom is -0.481 e. The molecule has 0 aromatic heterocycles. The molecular weight excluding hydrogens is 258 g/mol. The number of carboxylic acid groups (broad SMARTS) is 1. The number of carboxylic acids is 1. The molecule has 0 saturated carbocycles. The lowest BCUT2D eigenvalue weighted by molar-refractivity contribution is -0.137. The summed E-state index contributed by atoms with van der Waals surface area (Å²) in [6.45, 7) is 2.05. The predicted molar refractivity (Wildman–Crippen MR) is 66.1 cm³/mol. The summed E-state index contributed by atoms with van der Waals surface area (Å²) < 4.78 is 10.5. The van der Waals surface area contributed by atoms with Crippen molar-refractivity contribution in [3.8, 4) is 11.5 Å². The van der Waals surface area contributed by atoms with E-state index in [0.29, 0.717) is 28.5 Å². The average Bonchev–Trinajstić information content (AvgIpc) is 2.76. The van der Waals surface area contributed by atoms with Crippen molar-refractivity contribution >= 4 is 17.6 Å². The van der Waals surface area contributed by atoms with Crippen LogP contribution in [0.5, 0.6) is 11.5 Å². The highest BCUT2D eigenvalue weighted by Gasteiger charge is 2.25. The first-order chi connectivity index (χ1) is 8.54. The van der Waals surface area contributed by atoms with E-state index in [0.717, 1.165) is 5.56 Å². The van der Waals surface area contributed by atoms with Gasteiger partial charge in [0.15, 0.2) is 11.5 Å². The fraction of sp³-hybridized carbons (Fsp3) is 0.417. The minimum atomic E-state index is -0.946. The molecule has 3 N–H and O–H groups in total. The molecule has 6 heteroatoms. The molecule has 0 saturated heterocycles. The molecule has 98 valence electrons. The summed E-state index contributed by atoms with van der Waals surface area (Å²) in [7, 11) is 0. The van der Waals surface area contributed by atoms with Crippen molar-refractivity contribution in [1.82, 2.24) is 0 Å². The van der Waals surface area contributed by atoms with Gasteiger partial charge < -0.3 is 20.3 Å². The molecule has 0 fully saturated rings. The molecule has 2 rings (SSSR count). The number of rotatable bonds is 4. The Morgan fingerprint density at radius 3 is 2.94 bits per heavy atom. The second-order valence-electron chi connectivity index (χ2n) is 4.05. The zero-order valence-corrected chi connectivity index (χ0v) is 10.7. The number of hydrogen-bond acceptors (Lipinski definition) is 4. The summed E-state index contributed by atoms with van der Waals surface area (Å²) >= 11 is 6.23. The van der Waals surface area contributed by atoms with E-state index in [1.54, 1.807) is 6.07 Å². The quantitative estimate of drug-likeness (QED) is 0.876. The third-order valence-electron chi connectivity index (χ3n) is 2.89. The van der Waals surface area contributed by atoms with Crippen molar-refractivity contribution in [2.75, 3.05) is 6.79 Å². The van der Waals surface area contributed by atoms with Gasteiger partial charge in [0.25, 0.3) is 0 Å². The lowest BCUT2D eigenvalue weighted by atomic mass is 9.96. The number of nitrogens with two attached hydrogens (primary N) is 1. The Kier molecular flexibility index (Phi) is 3.63. The number of ether oxygens (including phenoxy) is 2. The van der Waals surface area contributed by atoms with Gasteiger partial charge in [-0.15, -0.1) is 0 Å². The van der Waals surface area contributed by atoms with Gasteiger partial charge in [0.2, 0.25) is 6.79 Å². The standard InChI is InChI=1S/C12H14ClNO4/c1-2-6-7(8(14)4-10(15)16)3-9-12(11(6)13)18-5-17-9/h3,8H,2,4-5,14H2,1H3,(H,15,16). The number of aliphatic carboxylic acids is 1. The molecular formula is C12H14ClNO4. The Balaban J connectivity index is 2.46. The highest BCUT2D eigenvalue weighted by atomic mass is 35.5. The monoisotopic (exact) mass is 271 g/mol. The first kappa shape index (κ1) is 13.0. The van der Waals surface area contributed by atoms with Crippen LogP contribution in [0.15, 0.2) is 6.07 Å². The van der Waals surface area contributed by atoms with E-state index < -0.39 is 12.0 Å². The molecule has 1 aromatic carbocycles. The Morgan fingerprint density at radius 2 is 2.33 bits per heavy atom. The van der Waals surface area contributed by atoms with E-state index >= 15 is 0 Å². The molecule has 0 spiro atoms. The molecule has 1 heterocycles. The summed E-state index contributed by atoms with van der Waals surface area (Å²) in [5.74, 6) is 0.0890. The van der Waals surface area contributed by atoms with Gasteiger partial charge in [-0.1, -0.05) is 18.5 Å². The van der Waals surface area contributed by atoms with Crippen LogP contribution in [0.1, 0.15) is 30.5 Å². The summed E-state index contributed by atoms with van der Waals surface area (Å²) in [5, 5.41) is 9.26. The van der Waals surface area contributed by atoms with Crippen molar-refractivity contribution in [1.29, 1.82) is 0 Å². The molecule has 0 bridgehead atoms. The largest absolute Gasteiger partial charge is 0.481 e. The Morgan fingerprint density at radius 1 is 1.61 bits per heavy atom. The average molecular weight is 272 g/mol. The van der Waals surface area contributed by atoms with E-state index in [4.69, 9.17) is 31.9 Å². The first-order valence-corrected chi connectivity index (χ1v) is 6.00. The van der Waals surface area contributed by atoms with Crippen molar-refractivity contribution in [2.24, 2.45) is 5.73 Å². The van der Waals surface area contributed by atoms with E-state index in [2.05, 4.69) is 0 Å². The maximum absolute atomic E-state index is 10.7. The van der Waals surface area contributed by atoms with E-state index in [-0.39, 0.29) is 13.2 Å². The summed E-state index contributed by atoms with van der Waals surface area (Å²) in [4.78, 5) is 10.7. The highest BCUT2D eigenvalue weighted by Crippen LogP contribution is 2.44. The molecule has 1 atom stereocenters. The fourth-order valence-electron chi connectivity index (χ4n) is 2.05. The Bertz CT molecular complexity index is 489. The Hall–Kier alpha value is -1.46. The zero-order valence-electron chi connectivity index (χ0n) is 9.90. The maximum Gasteiger partial charge on any atom is 0.305 e. The van der Waals surface area contributed by atoms with Gasteiger partial charge in [-0.3, -0.25) is 4.79 Å². The first-order valence-electron chi connectivity index (χ1n) is 5.62. The number of fused-ring (bicyclic) bond motifs is 1. The molecule has 1 aliphatic heterocycles. The molecule has 0 aliphatic carbocycles. The predicted octanol–water partition coefficient (Wildman–Crippen LogP) is 2.11. The van der Waals surface area contributed by atoms with Crippen LogP contribution < -0.4 is 15.2 Å². The fourth-order valence-corrected chi connectivity index (χ4v) is 2.44. The smallest absolute Gasteiger partial charge is 0.305 e. The van der Waals surface area contributed by atoms with Crippen molar-refractivity contribution in [3.05, 3.63) is 22.2 Å². The van der Waals surface area contributed by atoms with Gasteiger partial charge in [0, 0.05) is 6.04 Å². The zero-order chi connectivity index (χ0) is 13.3. The number of carbonyl (C=O) groups is 1. The molecule has 18 heavy (non-hydrogen) atoms. The normalized spacial score (nSPS) is 14.6. The third-order valence-corrected chi connectivity index (χ3v) is 3.29. The van der Waals surface area contributed by atoms with Crippen LogP contribution in [-0.4, -0.2) is 17.9 Å². The van der Waals surface area contributed by atoms with Gasteiger partial charge in [-0.25, -0.2) is 0 Å². The van der Waals surface area contributed by atoms with Crippen LogP contribution in [0, 0.1) is 0 Å². The SMILES string of the molecule is CCc1c(C(N)CC(=O)O)cc2c(c1Cl)OCO2. The van der Waals surface area contributed by atoms with Crippen molar-refractivity contribution < 1.29 is 19.4 Å². The molecule has 0 radical (unpaired) electrons. The summed E-state index contributed by atoms with van der Waals surface area (Å²) in [6, 6.07) is 1.12. The van der Waals surface area contributed by atoms with Crippen molar-refractivity contribution in [3.63, 3.8) is 0 Å². The molecule has 1 aromatic rings. The van der Waals surface area contributed by atoms with Crippen molar-refractivity contribution in [2.45, 2.75) is 25.8 Å². The van der Waals surface area contributed by atoms with E-state index in [1.807, 2.05) is 6.92 Å². The third kappa shape index (κ3) is 2.23. The molecule has 5 nitrogen and oxygen atoms in total. The molecule has 1 unspecified atom stereocenters. The minimum absolute atomic E-state index is 0.121. The summed E-state index contributed by atoms with van der Waals surface area (Å²) in [5.41, 5.74) is 7.42. The number of halogens is 1.